The Labute approximate surface area is 91.5 Å². The van der Waals surface area contributed by atoms with E-state index < -0.39 is 11.5 Å². The van der Waals surface area contributed by atoms with Crippen LogP contribution >= 0.6 is 12.4 Å². The van der Waals surface area contributed by atoms with Crippen LogP contribution in [0.5, 0.6) is 0 Å². The molecule has 4 unspecified atom stereocenters. The highest BCUT2D eigenvalue weighted by atomic mass is 35.5. The zero-order chi connectivity index (χ0) is 10.2. The summed E-state index contributed by atoms with van der Waals surface area (Å²) in [5.41, 5.74) is 5.62. The fraction of sp³-hybridized carbons (Fsp3) is 0.900. The van der Waals surface area contributed by atoms with Crippen LogP contribution in [0, 0.1) is 17.8 Å². The van der Waals surface area contributed by atoms with Crippen LogP contribution in [0.25, 0.3) is 0 Å². The van der Waals surface area contributed by atoms with E-state index in [0.717, 1.165) is 6.42 Å². The number of halogens is 1. The Morgan fingerprint density at radius 3 is 2.29 bits per heavy atom. The largest absolute Gasteiger partial charge is 0.481 e. The first kappa shape index (κ1) is 13.7. The van der Waals surface area contributed by atoms with Crippen LogP contribution in [0.4, 0.5) is 0 Å². The first-order valence-corrected chi connectivity index (χ1v) is 4.87. The van der Waals surface area contributed by atoms with E-state index in [4.69, 9.17) is 10.8 Å². The van der Waals surface area contributed by atoms with Crippen LogP contribution in [0.1, 0.15) is 33.6 Å². The summed E-state index contributed by atoms with van der Waals surface area (Å²) in [5.74, 6) is 0.595. The topological polar surface area (TPSA) is 63.3 Å². The molecular formula is C10H20ClNO2. The molecule has 3 nitrogen and oxygen atoms in total. The van der Waals surface area contributed by atoms with Gasteiger partial charge in [-0.05, 0) is 24.2 Å². The average molecular weight is 222 g/mol. The molecule has 0 aromatic rings. The van der Waals surface area contributed by atoms with Gasteiger partial charge in [-0.3, -0.25) is 4.79 Å². The third-order valence-corrected chi connectivity index (χ3v) is 3.78. The maximum Gasteiger partial charge on any atom is 0.305 e. The third kappa shape index (κ3) is 2.39. The monoisotopic (exact) mass is 221 g/mol. The minimum atomic E-state index is -0.782. The van der Waals surface area contributed by atoms with E-state index in [1.165, 1.54) is 0 Å². The Hall–Kier alpha value is -0.280. The molecular weight excluding hydrogens is 202 g/mol. The van der Waals surface area contributed by atoms with Gasteiger partial charge in [0.05, 0.1) is 6.42 Å². The SMILES string of the molecule is CC1CC(N)(CC(=O)O)C(C)C1C.Cl. The fourth-order valence-electron chi connectivity index (χ4n) is 2.50. The van der Waals surface area contributed by atoms with Gasteiger partial charge in [-0.2, -0.15) is 0 Å². The summed E-state index contributed by atoms with van der Waals surface area (Å²) in [4.78, 5) is 10.6. The van der Waals surface area contributed by atoms with Crippen molar-refractivity contribution in [1.82, 2.24) is 0 Å². The smallest absolute Gasteiger partial charge is 0.305 e. The van der Waals surface area contributed by atoms with Gasteiger partial charge in [-0.15, -0.1) is 12.4 Å². The molecule has 4 atom stereocenters. The Balaban J connectivity index is 0.00000169. The summed E-state index contributed by atoms with van der Waals surface area (Å²) in [7, 11) is 0. The van der Waals surface area contributed by atoms with Crippen molar-refractivity contribution in [2.75, 3.05) is 0 Å². The first-order valence-electron chi connectivity index (χ1n) is 4.87. The molecule has 14 heavy (non-hydrogen) atoms. The summed E-state index contributed by atoms with van der Waals surface area (Å²) < 4.78 is 0. The molecule has 1 saturated carbocycles. The highest BCUT2D eigenvalue weighted by Gasteiger charge is 2.46. The van der Waals surface area contributed by atoms with E-state index in [-0.39, 0.29) is 18.8 Å². The molecule has 1 fully saturated rings. The quantitative estimate of drug-likeness (QED) is 0.749. The standard InChI is InChI=1S/C10H19NO2.ClH/c1-6-4-10(11,5-9(12)13)8(3)7(6)2;/h6-8H,4-5,11H2,1-3H3,(H,12,13);1H. The second-order valence-electron chi connectivity index (χ2n) is 4.63. The van der Waals surface area contributed by atoms with Crippen LogP contribution in [-0.2, 0) is 4.79 Å². The highest BCUT2D eigenvalue weighted by molar-refractivity contribution is 5.85. The summed E-state index contributed by atoms with van der Waals surface area (Å²) >= 11 is 0. The third-order valence-electron chi connectivity index (χ3n) is 3.78. The van der Waals surface area contributed by atoms with Gasteiger partial charge in [0, 0.05) is 5.54 Å². The Morgan fingerprint density at radius 1 is 1.50 bits per heavy atom. The van der Waals surface area contributed by atoms with E-state index in [0.29, 0.717) is 17.8 Å². The summed E-state index contributed by atoms with van der Waals surface area (Å²) in [5, 5.41) is 8.75. The molecule has 1 aliphatic rings. The molecule has 1 aliphatic carbocycles. The predicted molar refractivity (Wildman–Crippen MR) is 58.5 cm³/mol. The van der Waals surface area contributed by atoms with Crippen molar-refractivity contribution >= 4 is 18.4 Å². The molecule has 4 heteroatoms. The maximum atomic E-state index is 10.6. The highest BCUT2D eigenvalue weighted by Crippen LogP contribution is 2.43. The Kier molecular flexibility index (Phi) is 4.40. The molecule has 0 spiro atoms. The predicted octanol–water partition coefficient (Wildman–Crippen LogP) is 1.89. The molecule has 0 aromatic heterocycles. The van der Waals surface area contributed by atoms with E-state index >= 15 is 0 Å². The maximum absolute atomic E-state index is 10.6. The van der Waals surface area contributed by atoms with Gasteiger partial charge in [0.15, 0.2) is 0 Å². The molecule has 1 rings (SSSR count). The lowest BCUT2D eigenvalue weighted by Gasteiger charge is -2.28. The van der Waals surface area contributed by atoms with Crippen molar-refractivity contribution < 1.29 is 9.90 Å². The van der Waals surface area contributed by atoms with Crippen LogP contribution in [0.15, 0.2) is 0 Å². The lowest BCUT2D eigenvalue weighted by molar-refractivity contribution is -0.138. The molecule has 0 amide bonds. The number of carboxylic acid groups (broad SMARTS) is 1. The van der Waals surface area contributed by atoms with Crippen molar-refractivity contribution in [3.8, 4) is 0 Å². The summed E-state index contributed by atoms with van der Waals surface area (Å²) in [6.45, 7) is 6.38. The molecule has 0 saturated heterocycles. The lowest BCUT2D eigenvalue weighted by atomic mass is 9.83. The van der Waals surface area contributed by atoms with Crippen LogP contribution in [0.3, 0.4) is 0 Å². The lowest BCUT2D eigenvalue weighted by Crippen LogP contribution is -2.45. The van der Waals surface area contributed by atoms with Gasteiger partial charge in [0.25, 0.3) is 0 Å². The molecule has 84 valence electrons. The summed E-state index contributed by atoms with van der Waals surface area (Å²) in [6, 6.07) is 0. The molecule has 0 aromatic carbocycles. The van der Waals surface area contributed by atoms with Crippen LogP contribution in [-0.4, -0.2) is 16.6 Å². The second-order valence-corrected chi connectivity index (χ2v) is 4.63. The van der Waals surface area contributed by atoms with E-state index in [1.807, 2.05) is 0 Å². The molecule has 0 radical (unpaired) electrons. The number of hydrogen-bond donors (Lipinski definition) is 2. The molecule has 3 N–H and O–H groups in total. The second kappa shape index (κ2) is 4.49. The van der Waals surface area contributed by atoms with Crippen molar-refractivity contribution in [2.45, 2.75) is 39.2 Å². The van der Waals surface area contributed by atoms with Crippen LogP contribution in [0.2, 0.25) is 0 Å². The Bertz CT molecular complexity index is 222. The van der Waals surface area contributed by atoms with Crippen molar-refractivity contribution in [1.29, 1.82) is 0 Å². The molecule has 0 aliphatic heterocycles. The van der Waals surface area contributed by atoms with Gasteiger partial charge in [-0.25, -0.2) is 0 Å². The number of hydrogen-bond acceptors (Lipinski definition) is 2. The van der Waals surface area contributed by atoms with Crippen molar-refractivity contribution in [3.63, 3.8) is 0 Å². The van der Waals surface area contributed by atoms with E-state index in [9.17, 15) is 4.79 Å². The number of nitrogens with two attached hydrogens (primary N) is 1. The normalized spacial score (nSPS) is 41.9. The summed E-state index contributed by atoms with van der Waals surface area (Å²) in [6.07, 6.45) is 0.935. The number of rotatable bonds is 2. The zero-order valence-corrected chi connectivity index (χ0v) is 9.80. The number of aliphatic carboxylic acids is 1. The van der Waals surface area contributed by atoms with Gasteiger partial charge in [0.2, 0.25) is 0 Å². The van der Waals surface area contributed by atoms with Crippen molar-refractivity contribution in [3.05, 3.63) is 0 Å². The Morgan fingerprint density at radius 2 is 2.00 bits per heavy atom. The van der Waals surface area contributed by atoms with Gasteiger partial charge >= 0.3 is 5.97 Å². The van der Waals surface area contributed by atoms with Crippen molar-refractivity contribution in [2.24, 2.45) is 23.5 Å². The zero-order valence-electron chi connectivity index (χ0n) is 8.99. The van der Waals surface area contributed by atoms with Gasteiger partial charge in [-0.1, -0.05) is 20.8 Å². The van der Waals surface area contributed by atoms with Gasteiger partial charge < -0.3 is 10.8 Å². The fourth-order valence-corrected chi connectivity index (χ4v) is 2.50. The number of carboxylic acids is 1. The first-order chi connectivity index (χ1) is 5.87. The molecule has 0 heterocycles. The van der Waals surface area contributed by atoms with Gasteiger partial charge in [0.1, 0.15) is 0 Å². The average Bonchev–Trinajstić information content (AvgIpc) is 2.14. The van der Waals surface area contributed by atoms with E-state index in [1.54, 1.807) is 0 Å². The van der Waals surface area contributed by atoms with E-state index in [2.05, 4.69) is 20.8 Å². The minimum Gasteiger partial charge on any atom is -0.481 e. The minimum absolute atomic E-state index is 0. The molecule has 0 bridgehead atoms. The van der Waals surface area contributed by atoms with Crippen LogP contribution < -0.4 is 5.73 Å². The number of carbonyl (C=O) groups is 1.